The Morgan fingerprint density at radius 3 is 2.23 bits per heavy atom. The zero-order chi connectivity index (χ0) is 21.1. The molecular formula is C24H26FNO3S. The first kappa shape index (κ1) is 20.8. The molecule has 0 saturated heterocycles. The summed E-state index contributed by atoms with van der Waals surface area (Å²) < 4.78 is 43.1. The highest BCUT2D eigenvalue weighted by molar-refractivity contribution is 7.90. The van der Waals surface area contributed by atoms with Gasteiger partial charge >= 0.3 is 0 Å². The first-order valence-electron chi connectivity index (χ1n) is 10.5. The molecule has 4 nitrogen and oxygen atoms in total. The molecule has 0 unspecified atom stereocenters. The Kier molecular flexibility index (Phi) is 6.04. The van der Waals surface area contributed by atoms with Crippen molar-refractivity contribution in [3.05, 3.63) is 60.2 Å². The van der Waals surface area contributed by atoms with Gasteiger partial charge < -0.3 is 4.42 Å². The third kappa shape index (κ3) is 4.81. The number of rotatable bonds is 6. The fraction of sp³-hybridized carbons (Fsp3) is 0.375. The standard InChI is InChI=1S/C24H26FNO3S/c1-30(27,28)21-14-10-19(11-15-21)24-23(18-8-12-20(25)13-9-18)26-22(29-24)16-7-17-5-3-2-4-6-17/h8-15,17H,2-7,16H2,1H3. The summed E-state index contributed by atoms with van der Waals surface area (Å²) >= 11 is 0. The van der Waals surface area contributed by atoms with E-state index in [2.05, 4.69) is 0 Å². The lowest BCUT2D eigenvalue weighted by molar-refractivity contribution is 0.329. The number of aryl methyl sites for hydroxylation is 1. The predicted octanol–water partition coefficient (Wildman–Crippen LogP) is 6.06. The molecule has 0 radical (unpaired) electrons. The molecule has 6 heteroatoms. The normalized spacial score (nSPS) is 15.4. The van der Waals surface area contributed by atoms with Gasteiger partial charge in [0.1, 0.15) is 11.5 Å². The van der Waals surface area contributed by atoms with Crippen LogP contribution in [0.1, 0.15) is 44.4 Å². The maximum Gasteiger partial charge on any atom is 0.195 e. The number of hydrogen-bond acceptors (Lipinski definition) is 4. The number of oxazole rings is 1. The molecule has 0 N–H and O–H groups in total. The van der Waals surface area contributed by atoms with Gasteiger partial charge in [0, 0.05) is 23.8 Å². The monoisotopic (exact) mass is 427 g/mol. The van der Waals surface area contributed by atoms with Crippen LogP contribution >= 0.6 is 0 Å². The van der Waals surface area contributed by atoms with E-state index in [9.17, 15) is 12.8 Å². The lowest BCUT2D eigenvalue weighted by Crippen LogP contribution is -2.07. The van der Waals surface area contributed by atoms with Crippen molar-refractivity contribution < 1.29 is 17.2 Å². The SMILES string of the molecule is CS(=O)(=O)c1ccc(-c2oc(CCC3CCCCC3)nc2-c2ccc(F)cc2)cc1. The van der Waals surface area contributed by atoms with Crippen LogP contribution in [0.25, 0.3) is 22.6 Å². The molecule has 0 bridgehead atoms. The second kappa shape index (κ2) is 8.72. The van der Waals surface area contributed by atoms with Gasteiger partial charge in [-0.1, -0.05) is 32.1 Å². The summed E-state index contributed by atoms with van der Waals surface area (Å²) in [4.78, 5) is 4.99. The highest BCUT2D eigenvalue weighted by atomic mass is 32.2. The first-order valence-corrected chi connectivity index (χ1v) is 12.4. The number of nitrogens with zero attached hydrogens (tertiary/aromatic N) is 1. The molecule has 0 amide bonds. The van der Waals surface area contributed by atoms with E-state index in [1.54, 1.807) is 36.4 Å². The van der Waals surface area contributed by atoms with Crippen molar-refractivity contribution in [2.75, 3.05) is 6.26 Å². The lowest BCUT2D eigenvalue weighted by Gasteiger charge is -2.20. The maximum atomic E-state index is 13.4. The summed E-state index contributed by atoms with van der Waals surface area (Å²) in [7, 11) is -3.27. The van der Waals surface area contributed by atoms with E-state index in [0.29, 0.717) is 17.3 Å². The smallest absolute Gasteiger partial charge is 0.195 e. The van der Waals surface area contributed by atoms with Crippen LogP contribution < -0.4 is 0 Å². The highest BCUT2D eigenvalue weighted by Crippen LogP contribution is 2.35. The van der Waals surface area contributed by atoms with E-state index in [-0.39, 0.29) is 10.7 Å². The van der Waals surface area contributed by atoms with Crippen molar-refractivity contribution >= 4 is 9.84 Å². The van der Waals surface area contributed by atoms with Crippen LogP contribution in [-0.4, -0.2) is 19.7 Å². The molecule has 1 heterocycles. The van der Waals surface area contributed by atoms with E-state index in [0.717, 1.165) is 29.9 Å². The Morgan fingerprint density at radius 2 is 1.60 bits per heavy atom. The second-order valence-electron chi connectivity index (χ2n) is 8.13. The fourth-order valence-electron chi connectivity index (χ4n) is 4.13. The summed E-state index contributed by atoms with van der Waals surface area (Å²) in [5, 5.41) is 0. The molecule has 3 aromatic rings. The lowest BCUT2D eigenvalue weighted by atomic mass is 9.86. The van der Waals surface area contributed by atoms with Gasteiger partial charge in [-0.25, -0.2) is 17.8 Å². The summed E-state index contributed by atoms with van der Waals surface area (Å²) in [6.07, 6.45) is 9.47. The molecule has 0 aliphatic heterocycles. The quantitative estimate of drug-likeness (QED) is 0.479. The van der Waals surface area contributed by atoms with Crippen molar-refractivity contribution in [3.8, 4) is 22.6 Å². The van der Waals surface area contributed by atoms with E-state index < -0.39 is 9.84 Å². The highest BCUT2D eigenvalue weighted by Gasteiger charge is 2.20. The van der Waals surface area contributed by atoms with Crippen LogP contribution in [0.2, 0.25) is 0 Å². The van der Waals surface area contributed by atoms with Gasteiger partial charge in [0.2, 0.25) is 0 Å². The van der Waals surface area contributed by atoms with Gasteiger partial charge in [0.05, 0.1) is 4.90 Å². The minimum absolute atomic E-state index is 0.256. The molecule has 1 aromatic heterocycles. The fourth-order valence-corrected chi connectivity index (χ4v) is 4.76. The van der Waals surface area contributed by atoms with Crippen molar-refractivity contribution in [2.24, 2.45) is 5.92 Å². The number of benzene rings is 2. The summed E-state index contributed by atoms with van der Waals surface area (Å²) in [6, 6.07) is 12.8. The third-order valence-electron chi connectivity index (χ3n) is 5.82. The molecule has 1 aliphatic carbocycles. The molecule has 4 rings (SSSR count). The van der Waals surface area contributed by atoms with Crippen LogP contribution in [0.5, 0.6) is 0 Å². The van der Waals surface area contributed by atoms with Gasteiger partial charge in [-0.2, -0.15) is 0 Å². The molecule has 30 heavy (non-hydrogen) atoms. The molecule has 158 valence electrons. The average molecular weight is 428 g/mol. The van der Waals surface area contributed by atoms with Gasteiger partial charge in [-0.05, 0) is 60.9 Å². The molecular weight excluding hydrogens is 401 g/mol. The van der Waals surface area contributed by atoms with Gasteiger partial charge in [-0.3, -0.25) is 0 Å². The van der Waals surface area contributed by atoms with Crippen molar-refractivity contribution in [1.82, 2.24) is 4.98 Å². The van der Waals surface area contributed by atoms with E-state index in [1.165, 1.54) is 50.5 Å². The zero-order valence-electron chi connectivity index (χ0n) is 17.1. The minimum Gasteiger partial charge on any atom is -0.440 e. The van der Waals surface area contributed by atoms with E-state index in [1.807, 2.05) is 0 Å². The Morgan fingerprint density at radius 1 is 0.967 bits per heavy atom. The third-order valence-corrected chi connectivity index (χ3v) is 6.95. The van der Waals surface area contributed by atoms with Crippen LogP contribution in [0.4, 0.5) is 4.39 Å². The minimum atomic E-state index is -3.27. The van der Waals surface area contributed by atoms with E-state index >= 15 is 0 Å². The summed E-state index contributed by atoms with van der Waals surface area (Å²) in [5.74, 6) is 1.67. The number of sulfone groups is 1. The van der Waals surface area contributed by atoms with Crippen LogP contribution in [0.3, 0.4) is 0 Å². The maximum absolute atomic E-state index is 13.4. The molecule has 1 fully saturated rings. The Hall–Kier alpha value is -2.47. The largest absolute Gasteiger partial charge is 0.440 e. The molecule has 1 aliphatic rings. The second-order valence-corrected chi connectivity index (χ2v) is 10.1. The Labute approximate surface area is 177 Å². The Bertz CT molecular complexity index is 1100. The Balaban J connectivity index is 1.66. The first-order chi connectivity index (χ1) is 14.4. The van der Waals surface area contributed by atoms with Crippen molar-refractivity contribution in [2.45, 2.75) is 49.8 Å². The van der Waals surface area contributed by atoms with Crippen molar-refractivity contribution in [3.63, 3.8) is 0 Å². The molecule has 2 aromatic carbocycles. The van der Waals surface area contributed by atoms with Crippen molar-refractivity contribution in [1.29, 1.82) is 0 Å². The summed E-state index contributed by atoms with van der Waals surface area (Å²) in [5.41, 5.74) is 2.17. The molecule has 1 saturated carbocycles. The molecule has 0 atom stereocenters. The van der Waals surface area contributed by atoms with Crippen LogP contribution in [-0.2, 0) is 16.3 Å². The van der Waals surface area contributed by atoms with Crippen LogP contribution in [0, 0.1) is 11.7 Å². The van der Waals surface area contributed by atoms with Crippen LogP contribution in [0.15, 0.2) is 57.8 Å². The van der Waals surface area contributed by atoms with Gasteiger partial charge in [-0.15, -0.1) is 0 Å². The summed E-state index contributed by atoms with van der Waals surface area (Å²) in [6.45, 7) is 0. The number of hydrogen-bond donors (Lipinski definition) is 0. The average Bonchev–Trinajstić information content (AvgIpc) is 3.17. The topological polar surface area (TPSA) is 60.2 Å². The molecule has 0 spiro atoms. The number of aromatic nitrogens is 1. The van der Waals surface area contributed by atoms with E-state index in [4.69, 9.17) is 9.40 Å². The zero-order valence-corrected chi connectivity index (χ0v) is 17.9. The predicted molar refractivity (Wildman–Crippen MR) is 115 cm³/mol. The van der Waals surface area contributed by atoms with Gasteiger partial charge in [0.25, 0.3) is 0 Å². The number of halogens is 1. The van der Waals surface area contributed by atoms with Gasteiger partial charge in [0.15, 0.2) is 21.5 Å².